The Morgan fingerprint density at radius 1 is 1.22 bits per heavy atom. The number of imidazole rings is 1. The quantitative estimate of drug-likeness (QED) is 0.0738. The number of nitrogens with two attached hydrogens (primary N) is 1. The summed E-state index contributed by atoms with van der Waals surface area (Å²) in [6, 6.07) is 5.48. The van der Waals surface area contributed by atoms with E-state index in [-0.39, 0.29) is 32.8 Å². The number of nitrogens with one attached hydrogen (secondary N) is 3. The van der Waals surface area contributed by atoms with Crippen molar-refractivity contribution >= 4 is 74.7 Å². The highest BCUT2D eigenvalue weighted by Crippen LogP contribution is 2.41. The van der Waals surface area contributed by atoms with Gasteiger partial charge in [-0.15, -0.1) is 23.1 Å². The van der Waals surface area contributed by atoms with Crippen molar-refractivity contribution in [1.29, 1.82) is 0 Å². The highest BCUT2D eigenvalue weighted by atomic mass is 32.2. The highest BCUT2D eigenvalue weighted by molar-refractivity contribution is 8.01. The van der Waals surface area contributed by atoms with E-state index >= 15 is 0 Å². The second kappa shape index (κ2) is 11.8. The van der Waals surface area contributed by atoms with Gasteiger partial charge in [0.05, 0.1) is 22.9 Å². The Labute approximate surface area is 264 Å². The van der Waals surface area contributed by atoms with Gasteiger partial charge in [0.2, 0.25) is 11.3 Å². The maximum atomic E-state index is 13.5. The van der Waals surface area contributed by atoms with Crippen LogP contribution < -0.4 is 21.8 Å². The van der Waals surface area contributed by atoms with Crippen LogP contribution in [-0.4, -0.2) is 86.6 Å². The summed E-state index contributed by atoms with van der Waals surface area (Å²) in [6.45, 7) is 0. The number of fused-ring (bicyclic) bond motifs is 2. The number of carboxylic acid groups (broad SMARTS) is 1. The molecule has 3 amide bonds. The minimum absolute atomic E-state index is 0.0184. The zero-order chi connectivity index (χ0) is 32.0. The first kappa shape index (κ1) is 30.0. The Morgan fingerprint density at radius 3 is 2.71 bits per heavy atom. The van der Waals surface area contributed by atoms with E-state index in [4.69, 9.17) is 5.73 Å². The molecule has 0 aliphatic carbocycles. The number of pyridine rings is 1. The molecule has 6 rings (SSSR count). The number of anilines is 1. The molecule has 3 atom stereocenters. The van der Waals surface area contributed by atoms with Gasteiger partial charge in [-0.25, -0.2) is 14.8 Å². The number of β-lactam (4-membered cyclic amide) rings is 1. The molecule has 1 aromatic carbocycles. The molecule has 8 N–H and O–H groups in total. The predicted molar refractivity (Wildman–Crippen MR) is 163 cm³/mol. The van der Waals surface area contributed by atoms with Crippen LogP contribution >= 0.6 is 34.9 Å². The summed E-state index contributed by atoms with van der Waals surface area (Å²) in [4.78, 5) is 76.7. The number of hydrogen-bond donors (Lipinski definition) is 7. The summed E-state index contributed by atoms with van der Waals surface area (Å²) in [6.07, 6.45) is 0.617. The van der Waals surface area contributed by atoms with Crippen LogP contribution in [0.3, 0.4) is 0 Å². The highest BCUT2D eigenvalue weighted by Gasteiger charge is 2.54. The fourth-order valence-corrected chi connectivity index (χ4v) is 7.74. The molecule has 4 aromatic rings. The minimum Gasteiger partial charge on any atom is -0.503 e. The number of benzene rings is 1. The number of amides is 3. The molecule has 2 aliphatic rings. The van der Waals surface area contributed by atoms with Gasteiger partial charge in [0.1, 0.15) is 22.8 Å². The van der Waals surface area contributed by atoms with Gasteiger partial charge >= 0.3 is 5.97 Å². The van der Waals surface area contributed by atoms with Crippen molar-refractivity contribution in [2.75, 3.05) is 17.2 Å². The van der Waals surface area contributed by atoms with Crippen molar-refractivity contribution in [1.82, 2.24) is 35.2 Å². The van der Waals surface area contributed by atoms with Crippen LogP contribution in [0.1, 0.15) is 22.2 Å². The number of para-hydroxylation sites is 2. The van der Waals surface area contributed by atoms with Crippen molar-refractivity contribution in [2.24, 2.45) is 0 Å². The zero-order valence-electron chi connectivity index (χ0n) is 22.7. The Morgan fingerprint density at radius 2 is 2.00 bits per heavy atom. The number of nitrogens with zero attached hydrogens (tertiary/aromatic N) is 4. The fraction of sp³-hybridized carbons (Fsp3) is 0.192. The van der Waals surface area contributed by atoms with Gasteiger partial charge < -0.3 is 36.8 Å². The summed E-state index contributed by atoms with van der Waals surface area (Å²) < 4.78 is 0.215. The molecule has 5 heterocycles. The molecule has 1 unspecified atom stereocenters. The number of carbonyl (C=O) groups excluding carboxylic acids is 3. The smallest absolute Gasteiger partial charge is 0.352 e. The maximum Gasteiger partial charge on any atom is 0.352 e. The molecule has 19 heteroatoms. The van der Waals surface area contributed by atoms with E-state index in [0.29, 0.717) is 23.0 Å². The van der Waals surface area contributed by atoms with E-state index < -0.39 is 58.0 Å². The lowest BCUT2D eigenvalue weighted by molar-refractivity contribution is -0.151. The Hall–Kier alpha value is -5.01. The number of hydrogen-bond acceptors (Lipinski definition) is 13. The molecule has 16 nitrogen and oxygen atoms in total. The van der Waals surface area contributed by atoms with E-state index in [0.717, 1.165) is 27.3 Å². The van der Waals surface area contributed by atoms with Crippen molar-refractivity contribution in [3.05, 3.63) is 74.8 Å². The molecular formula is C26H22N8O8S3. The SMILES string of the molecule is Nc1nc(C(NC(=O)c2cc(=O)c(O)cn2O)C(=O)N[C@@H]2C(=O)N3C(C(=O)O)=C(CSc4nc5ccccc5[nH]4)CS[C@H]23)cs1. The van der Waals surface area contributed by atoms with Crippen LogP contribution in [0.2, 0.25) is 0 Å². The average molecular weight is 671 g/mol. The van der Waals surface area contributed by atoms with Crippen LogP contribution in [0.15, 0.2) is 63.1 Å². The standard InChI is InChI=1S/C26H22N8O8S3/c27-25-28-13(9-44-25)17(31-20(37)14-5-15(35)16(36)6-33(14)42)21(38)32-18-22(39)34-19(24(40)41)10(7-43-23(18)34)8-45-26-29-11-3-1-2-4-12(11)30-26/h1-6,9,17-18,23,36,42H,7-8H2,(H2,27,28)(H,29,30)(H,31,37)(H,32,38)(H,40,41)/t17?,18-,23-/m1/s1. The number of aromatic amines is 1. The predicted octanol–water partition coefficient (Wildman–Crippen LogP) is 0.708. The van der Waals surface area contributed by atoms with Crippen LogP contribution in [-0.2, 0) is 14.4 Å². The van der Waals surface area contributed by atoms with E-state index in [1.807, 2.05) is 24.3 Å². The molecule has 0 radical (unpaired) electrons. The summed E-state index contributed by atoms with van der Waals surface area (Å²) in [5, 5.41) is 35.8. The number of carbonyl (C=O) groups is 4. The average Bonchev–Trinajstić information content (AvgIpc) is 3.64. The molecule has 2 aliphatic heterocycles. The van der Waals surface area contributed by atoms with Crippen molar-refractivity contribution in [3.63, 3.8) is 0 Å². The van der Waals surface area contributed by atoms with Crippen LogP contribution in [0, 0.1) is 0 Å². The molecule has 45 heavy (non-hydrogen) atoms. The molecule has 1 saturated heterocycles. The second-order valence-corrected chi connectivity index (χ2v) is 12.7. The number of thiazole rings is 1. The van der Waals surface area contributed by atoms with Gasteiger partial charge in [-0.2, -0.15) is 4.73 Å². The third-order valence-corrected chi connectivity index (χ3v) is 9.91. The molecule has 1 fully saturated rings. The number of nitrogen functional groups attached to an aromatic ring is 1. The van der Waals surface area contributed by atoms with Gasteiger partial charge in [-0.3, -0.25) is 24.1 Å². The van der Waals surface area contributed by atoms with Crippen LogP contribution in [0.5, 0.6) is 5.75 Å². The van der Waals surface area contributed by atoms with E-state index in [1.54, 1.807) is 0 Å². The molecule has 0 saturated carbocycles. The number of aromatic hydroxyl groups is 1. The van der Waals surface area contributed by atoms with Crippen molar-refractivity contribution in [3.8, 4) is 5.75 Å². The molecule has 232 valence electrons. The first-order valence-corrected chi connectivity index (χ1v) is 15.9. The zero-order valence-corrected chi connectivity index (χ0v) is 25.1. The van der Waals surface area contributed by atoms with Gasteiger partial charge in [-0.05, 0) is 17.7 Å². The van der Waals surface area contributed by atoms with Gasteiger partial charge in [0, 0.05) is 23.0 Å². The summed E-state index contributed by atoms with van der Waals surface area (Å²) >= 11 is 3.56. The number of H-pyrrole nitrogens is 1. The Bertz CT molecular complexity index is 1940. The van der Waals surface area contributed by atoms with Crippen molar-refractivity contribution in [2.45, 2.75) is 22.6 Å². The lowest BCUT2D eigenvalue weighted by Gasteiger charge is -2.49. The van der Waals surface area contributed by atoms with Crippen LogP contribution in [0.25, 0.3) is 11.0 Å². The monoisotopic (exact) mass is 670 g/mol. The third-order valence-electron chi connectivity index (χ3n) is 6.92. The summed E-state index contributed by atoms with van der Waals surface area (Å²) in [5.41, 5.74) is 6.16. The van der Waals surface area contributed by atoms with E-state index in [2.05, 4.69) is 25.6 Å². The molecule has 0 bridgehead atoms. The Balaban J connectivity index is 1.18. The fourth-order valence-electron chi connectivity index (χ4n) is 4.78. The largest absolute Gasteiger partial charge is 0.503 e. The normalized spacial score (nSPS) is 18.3. The van der Waals surface area contributed by atoms with Crippen molar-refractivity contribution < 1.29 is 34.6 Å². The topological polar surface area (TPSA) is 246 Å². The second-order valence-electron chi connectivity index (χ2n) is 9.77. The number of aromatic nitrogens is 4. The lowest BCUT2D eigenvalue weighted by atomic mass is 10.0. The van der Waals surface area contributed by atoms with E-state index in [9.17, 15) is 39.4 Å². The van der Waals surface area contributed by atoms with Crippen LogP contribution in [0.4, 0.5) is 5.13 Å². The number of carboxylic acids is 1. The first-order valence-electron chi connectivity index (χ1n) is 13.0. The molecular weight excluding hydrogens is 649 g/mol. The maximum absolute atomic E-state index is 13.5. The van der Waals surface area contributed by atoms with E-state index in [1.165, 1.54) is 28.9 Å². The number of aliphatic carboxylic acids is 1. The molecule has 3 aromatic heterocycles. The summed E-state index contributed by atoms with van der Waals surface area (Å²) in [7, 11) is 0. The number of rotatable bonds is 9. The summed E-state index contributed by atoms with van der Waals surface area (Å²) in [5.74, 6) is -4.16. The van der Waals surface area contributed by atoms with Gasteiger partial charge in [0.25, 0.3) is 11.8 Å². The van der Waals surface area contributed by atoms with Gasteiger partial charge in [-0.1, -0.05) is 23.9 Å². The lowest BCUT2D eigenvalue weighted by Crippen LogP contribution is -2.71. The third kappa shape index (κ3) is 5.67. The first-order chi connectivity index (χ1) is 21.5. The molecule has 0 spiro atoms. The Kier molecular flexibility index (Phi) is 7.89. The van der Waals surface area contributed by atoms with Gasteiger partial charge in [0.15, 0.2) is 22.1 Å². The number of thioether (sulfide) groups is 2. The minimum atomic E-state index is -1.52.